The lowest BCUT2D eigenvalue weighted by Crippen LogP contribution is -2.49. The van der Waals surface area contributed by atoms with Crippen LogP contribution in [0, 0.1) is 6.92 Å². The van der Waals surface area contributed by atoms with Crippen molar-refractivity contribution in [2.24, 2.45) is 5.73 Å². The Bertz CT molecular complexity index is 618. The van der Waals surface area contributed by atoms with E-state index >= 15 is 0 Å². The molecule has 2 unspecified atom stereocenters. The molecule has 0 fully saturated rings. The van der Waals surface area contributed by atoms with Crippen LogP contribution in [0.3, 0.4) is 0 Å². The second kappa shape index (κ2) is 6.75. The fraction of sp³-hybridized carbons (Fsp3) is 0.316. The molecule has 2 aromatic rings. The van der Waals surface area contributed by atoms with Crippen LogP contribution in [0.15, 0.2) is 54.6 Å². The Kier molecular flexibility index (Phi) is 4.99. The molecule has 22 heavy (non-hydrogen) atoms. The van der Waals surface area contributed by atoms with Gasteiger partial charge in [-0.1, -0.05) is 67.1 Å². The lowest BCUT2D eigenvalue weighted by Gasteiger charge is -2.25. The minimum atomic E-state index is -1.02. The molecule has 0 radical (unpaired) electrons. The van der Waals surface area contributed by atoms with Crippen molar-refractivity contribution in [1.29, 1.82) is 0 Å². The monoisotopic (exact) mass is 296 g/mol. The van der Waals surface area contributed by atoms with Gasteiger partial charge in [-0.2, -0.15) is 0 Å². The number of carbonyl (C=O) groups excluding carboxylic acids is 1. The van der Waals surface area contributed by atoms with Gasteiger partial charge in [0.1, 0.15) is 5.54 Å². The fourth-order valence-electron chi connectivity index (χ4n) is 2.36. The summed E-state index contributed by atoms with van der Waals surface area (Å²) in [5, 5.41) is 2.97. The maximum absolute atomic E-state index is 12.4. The van der Waals surface area contributed by atoms with Crippen LogP contribution in [0.5, 0.6) is 0 Å². The Morgan fingerprint density at radius 1 is 1.14 bits per heavy atom. The highest BCUT2D eigenvalue weighted by molar-refractivity contribution is 5.87. The quantitative estimate of drug-likeness (QED) is 0.891. The van der Waals surface area contributed by atoms with Gasteiger partial charge in [-0.15, -0.1) is 0 Å². The van der Waals surface area contributed by atoms with E-state index in [0.717, 1.165) is 5.56 Å². The first-order valence-corrected chi connectivity index (χ1v) is 7.60. The van der Waals surface area contributed by atoms with Crippen LogP contribution in [-0.2, 0) is 10.3 Å². The number of hydrogen-bond donors (Lipinski definition) is 2. The van der Waals surface area contributed by atoms with E-state index in [-0.39, 0.29) is 11.8 Å². The van der Waals surface area contributed by atoms with Crippen molar-refractivity contribution >= 4 is 5.91 Å². The molecule has 0 aliphatic rings. The van der Waals surface area contributed by atoms with Gasteiger partial charge in [-0.05, 0) is 30.9 Å². The number of nitrogens with two attached hydrogens (primary N) is 1. The maximum atomic E-state index is 12.4. The largest absolute Gasteiger partial charge is 0.354 e. The van der Waals surface area contributed by atoms with Gasteiger partial charge in [-0.25, -0.2) is 0 Å². The predicted octanol–water partition coefficient (Wildman–Crippen LogP) is 3.09. The van der Waals surface area contributed by atoms with Crippen molar-refractivity contribution in [3.05, 3.63) is 71.3 Å². The molecule has 2 rings (SSSR count). The van der Waals surface area contributed by atoms with Gasteiger partial charge >= 0.3 is 0 Å². The summed E-state index contributed by atoms with van der Waals surface area (Å²) in [5.41, 5.74) is 8.46. The molecule has 3 nitrogen and oxygen atoms in total. The molecular weight excluding hydrogens is 272 g/mol. The number of aryl methyl sites for hydroxylation is 1. The molecule has 0 aliphatic heterocycles. The normalized spacial score (nSPS) is 14.9. The number of amides is 1. The molecule has 0 heterocycles. The molecule has 0 spiro atoms. The zero-order valence-electron chi connectivity index (χ0n) is 13.5. The van der Waals surface area contributed by atoms with Gasteiger partial charge < -0.3 is 11.1 Å². The lowest BCUT2D eigenvalue weighted by atomic mass is 9.92. The summed E-state index contributed by atoms with van der Waals surface area (Å²) in [7, 11) is 0. The topological polar surface area (TPSA) is 55.1 Å². The molecule has 3 heteroatoms. The minimum Gasteiger partial charge on any atom is -0.354 e. The molecule has 1 amide bonds. The van der Waals surface area contributed by atoms with Crippen LogP contribution >= 0.6 is 0 Å². The average Bonchev–Trinajstić information content (AvgIpc) is 2.53. The van der Waals surface area contributed by atoms with Crippen LogP contribution in [0.2, 0.25) is 0 Å². The molecule has 3 N–H and O–H groups in total. The molecule has 0 saturated carbocycles. The van der Waals surface area contributed by atoms with Crippen molar-refractivity contribution < 1.29 is 4.79 Å². The van der Waals surface area contributed by atoms with Gasteiger partial charge in [-0.3, -0.25) is 4.79 Å². The second-order valence-electron chi connectivity index (χ2n) is 6.09. The smallest absolute Gasteiger partial charge is 0.244 e. The van der Waals surface area contributed by atoms with Crippen LogP contribution in [0.25, 0.3) is 0 Å². The molecule has 0 aromatic heterocycles. The van der Waals surface area contributed by atoms with E-state index in [4.69, 9.17) is 5.73 Å². The van der Waals surface area contributed by atoms with Gasteiger partial charge in [0.05, 0.1) is 0 Å². The zero-order chi connectivity index (χ0) is 16.2. The van der Waals surface area contributed by atoms with Crippen molar-refractivity contribution in [3.63, 3.8) is 0 Å². The third-order valence-electron chi connectivity index (χ3n) is 4.06. The van der Waals surface area contributed by atoms with E-state index in [0.29, 0.717) is 6.54 Å². The Morgan fingerprint density at radius 3 is 2.32 bits per heavy atom. The van der Waals surface area contributed by atoms with E-state index in [1.165, 1.54) is 11.1 Å². The number of carbonyl (C=O) groups is 1. The number of benzene rings is 2. The molecule has 2 aromatic carbocycles. The third-order valence-corrected chi connectivity index (χ3v) is 4.06. The average molecular weight is 296 g/mol. The molecule has 0 saturated heterocycles. The first-order chi connectivity index (χ1) is 10.4. The summed E-state index contributed by atoms with van der Waals surface area (Å²) in [6.07, 6.45) is 0. The van der Waals surface area contributed by atoms with E-state index in [2.05, 4.69) is 43.4 Å². The molecule has 0 aliphatic carbocycles. The predicted molar refractivity (Wildman–Crippen MR) is 90.6 cm³/mol. The van der Waals surface area contributed by atoms with E-state index in [1.807, 2.05) is 30.3 Å². The second-order valence-corrected chi connectivity index (χ2v) is 6.09. The van der Waals surface area contributed by atoms with E-state index in [1.54, 1.807) is 6.92 Å². The Balaban J connectivity index is 1.99. The number of nitrogens with one attached hydrogen (secondary N) is 1. The zero-order valence-corrected chi connectivity index (χ0v) is 13.5. The molecule has 116 valence electrons. The van der Waals surface area contributed by atoms with Crippen molar-refractivity contribution in [2.75, 3.05) is 6.54 Å². The van der Waals surface area contributed by atoms with Gasteiger partial charge in [0.25, 0.3) is 0 Å². The summed E-state index contributed by atoms with van der Waals surface area (Å²) in [6, 6.07) is 17.8. The molecule has 2 atom stereocenters. The minimum absolute atomic E-state index is 0.155. The SMILES string of the molecule is Cc1ccc(C(C)CNC(=O)C(C)(N)c2ccccc2)cc1. The van der Waals surface area contributed by atoms with Crippen molar-refractivity contribution in [3.8, 4) is 0 Å². The first-order valence-electron chi connectivity index (χ1n) is 7.60. The highest BCUT2D eigenvalue weighted by Crippen LogP contribution is 2.19. The van der Waals surface area contributed by atoms with Gasteiger partial charge in [0, 0.05) is 6.54 Å². The number of rotatable bonds is 5. The highest BCUT2D eigenvalue weighted by atomic mass is 16.2. The van der Waals surface area contributed by atoms with Crippen molar-refractivity contribution in [2.45, 2.75) is 32.2 Å². The van der Waals surface area contributed by atoms with Gasteiger partial charge in [0.2, 0.25) is 5.91 Å². The molecule has 0 bridgehead atoms. The maximum Gasteiger partial charge on any atom is 0.244 e. The Hall–Kier alpha value is -2.13. The Labute approximate surface area is 132 Å². The summed E-state index contributed by atoms with van der Waals surface area (Å²) in [4.78, 5) is 12.4. The van der Waals surface area contributed by atoms with Gasteiger partial charge in [0.15, 0.2) is 0 Å². The summed E-state index contributed by atoms with van der Waals surface area (Å²) in [6.45, 7) is 6.48. The molecular formula is C19H24N2O. The standard InChI is InChI=1S/C19H24N2O/c1-14-9-11-16(12-10-14)15(2)13-21-18(22)19(3,20)17-7-5-4-6-8-17/h4-12,15H,13,20H2,1-3H3,(H,21,22). The summed E-state index contributed by atoms with van der Waals surface area (Å²) < 4.78 is 0. The summed E-state index contributed by atoms with van der Waals surface area (Å²) >= 11 is 0. The lowest BCUT2D eigenvalue weighted by molar-refractivity contribution is -0.126. The van der Waals surface area contributed by atoms with E-state index < -0.39 is 5.54 Å². The third kappa shape index (κ3) is 3.74. The van der Waals surface area contributed by atoms with Crippen molar-refractivity contribution in [1.82, 2.24) is 5.32 Å². The van der Waals surface area contributed by atoms with Crippen LogP contribution in [0.4, 0.5) is 0 Å². The fourth-order valence-corrected chi connectivity index (χ4v) is 2.36. The Morgan fingerprint density at radius 2 is 1.73 bits per heavy atom. The highest BCUT2D eigenvalue weighted by Gasteiger charge is 2.30. The summed E-state index contributed by atoms with van der Waals surface area (Å²) in [5.74, 6) is 0.0915. The van der Waals surface area contributed by atoms with Crippen LogP contribution in [-0.4, -0.2) is 12.5 Å². The number of hydrogen-bond acceptors (Lipinski definition) is 2. The van der Waals surface area contributed by atoms with E-state index in [9.17, 15) is 4.79 Å². The van der Waals surface area contributed by atoms with Crippen LogP contribution < -0.4 is 11.1 Å². The van der Waals surface area contributed by atoms with Crippen LogP contribution in [0.1, 0.15) is 36.5 Å². The first kappa shape index (κ1) is 16.2.